The fraction of sp³-hybridized carbons (Fsp3) is 0.111. The molecule has 0 amide bonds. The zero-order chi connectivity index (χ0) is 8.39. The summed E-state index contributed by atoms with van der Waals surface area (Å²) in [6, 6.07) is 3.90. The number of pyridine rings is 1. The molecule has 0 fully saturated rings. The van der Waals surface area contributed by atoms with Gasteiger partial charge in [-0.3, -0.25) is 4.98 Å². The van der Waals surface area contributed by atoms with E-state index in [4.69, 9.17) is 0 Å². The van der Waals surface area contributed by atoms with Crippen LogP contribution in [0.5, 0.6) is 0 Å². The number of hydrogen-bond donors (Lipinski definition) is 0. The Morgan fingerprint density at radius 3 is 2.92 bits per heavy atom. The highest BCUT2D eigenvalue weighted by Crippen LogP contribution is 2.18. The van der Waals surface area contributed by atoms with Gasteiger partial charge < -0.3 is 9.80 Å². The van der Waals surface area contributed by atoms with Gasteiger partial charge in [0.15, 0.2) is 0 Å². The van der Waals surface area contributed by atoms with Gasteiger partial charge in [-0.05, 0) is 12.1 Å². The lowest BCUT2D eigenvalue weighted by molar-refractivity contribution is 0.574. The number of nitrogens with zero attached hydrogens (tertiary/aromatic N) is 3. The van der Waals surface area contributed by atoms with Crippen molar-refractivity contribution in [1.82, 2.24) is 9.88 Å². The van der Waals surface area contributed by atoms with Crippen molar-refractivity contribution >= 4 is 5.69 Å². The van der Waals surface area contributed by atoms with E-state index >= 15 is 0 Å². The van der Waals surface area contributed by atoms with Crippen molar-refractivity contribution in [2.75, 3.05) is 11.9 Å². The van der Waals surface area contributed by atoms with Gasteiger partial charge in [-0.1, -0.05) is 0 Å². The van der Waals surface area contributed by atoms with E-state index in [1.165, 1.54) is 0 Å². The summed E-state index contributed by atoms with van der Waals surface area (Å²) in [7, 11) is 1.94. The van der Waals surface area contributed by atoms with Crippen molar-refractivity contribution in [2.24, 2.45) is 0 Å². The SMILES string of the molecule is CN1[C]N(c2cccnc2)C=C1. The van der Waals surface area contributed by atoms with Gasteiger partial charge >= 0.3 is 0 Å². The maximum absolute atomic E-state index is 4.02. The van der Waals surface area contributed by atoms with Crippen LogP contribution in [0.3, 0.4) is 0 Å². The third-order valence-electron chi connectivity index (χ3n) is 1.63. The molecule has 3 heteroatoms. The smallest absolute Gasteiger partial charge is 0.212 e. The largest absolute Gasteiger partial charge is 0.349 e. The second kappa shape index (κ2) is 2.85. The van der Waals surface area contributed by atoms with Crippen molar-refractivity contribution in [3.05, 3.63) is 43.6 Å². The Morgan fingerprint density at radius 2 is 2.33 bits per heavy atom. The molecule has 1 aliphatic rings. The van der Waals surface area contributed by atoms with Crippen molar-refractivity contribution in [1.29, 1.82) is 0 Å². The van der Waals surface area contributed by atoms with Gasteiger partial charge in [0.1, 0.15) is 0 Å². The molecular formula is C9H9N3. The summed E-state index contributed by atoms with van der Waals surface area (Å²) in [5.74, 6) is 0. The van der Waals surface area contributed by atoms with E-state index in [2.05, 4.69) is 11.7 Å². The summed E-state index contributed by atoms with van der Waals surface area (Å²) in [5.41, 5.74) is 1.03. The molecule has 0 saturated heterocycles. The topological polar surface area (TPSA) is 19.4 Å². The molecule has 1 aromatic rings. The Bertz CT molecular complexity index is 281. The molecule has 0 spiro atoms. The molecule has 0 N–H and O–H groups in total. The maximum Gasteiger partial charge on any atom is 0.212 e. The molecule has 2 heterocycles. The molecule has 1 aliphatic heterocycles. The normalized spacial score (nSPS) is 15.8. The van der Waals surface area contributed by atoms with Crippen LogP contribution < -0.4 is 4.90 Å². The van der Waals surface area contributed by atoms with Crippen LogP contribution in [-0.2, 0) is 0 Å². The third kappa shape index (κ3) is 1.25. The summed E-state index contributed by atoms with van der Waals surface area (Å²) in [4.78, 5) is 7.78. The lowest BCUT2D eigenvalue weighted by Crippen LogP contribution is -2.14. The number of rotatable bonds is 1. The fourth-order valence-corrected chi connectivity index (χ4v) is 1.04. The monoisotopic (exact) mass is 159 g/mol. The lowest BCUT2D eigenvalue weighted by Gasteiger charge is -2.14. The van der Waals surface area contributed by atoms with Crippen molar-refractivity contribution < 1.29 is 0 Å². The standard InChI is InChI=1S/C9H9N3/c1-11-5-6-12(8-11)9-3-2-4-10-7-9/h2-7H,1H3. The average molecular weight is 159 g/mol. The molecule has 12 heavy (non-hydrogen) atoms. The molecule has 3 nitrogen and oxygen atoms in total. The average Bonchev–Trinajstić information content (AvgIpc) is 2.54. The maximum atomic E-state index is 4.02. The zero-order valence-electron chi connectivity index (χ0n) is 6.81. The number of hydrogen-bond acceptors (Lipinski definition) is 3. The number of anilines is 1. The van der Waals surface area contributed by atoms with Crippen LogP contribution in [-0.4, -0.2) is 16.9 Å². The summed E-state index contributed by atoms with van der Waals surface area (Å²) in [6.07, 6.45) is 7.44. The number of aromatic nitrogens is 1. The van der Waals surface area contributed by atoms with Crippen LogP contribution in [0.2, 0.25) is 0 Å². The van der Waals surface area contributed by atoms with Gasteiger partial charge in [-0.25, -0.2) is 0 Å². The van der Waals surface area contributed by atoms with E-state index in [1.807, 2.05) is 41.4 Å². The highest BCUT2D eigenvalue weighted by Gasteiger charge is 2.11. The van der Waals surface area contributed by atoms with Gasteiger partial charge in [0, 0.05) is 25.6 Å². The van der Waals surface area contributed by atoms with Crippen LogP contribution in [0.15, 0.2) is 36.9 Å². The molecule has 60 valence electrons. The Hall–Kier alpha value is -1.51. The Morgan fingerprint density at radius 1 is 1.42 bits per heavy atom. The predicted molar refractivity (Wildman–Crippen MR) is 46.9 cm³/mol. The molecule has 0 bridgehead atoms. The Balaban J connectivity index is 2.18. The van der Waals surface area contributed by atoms with Crippen LogP contribution in [0.1, 0.15) is 0 Å². The molecule has 0 unspecified atom stereocenters. The van der Waals surface area contributed by atoms with Crippen LogP contribution in [0, 0.1) is 6.67 Å². The highest BCUT2D eigenvalue weighted by molar-refractivity contribution is 5.50. The quantitative estimate of drug-likeness (QED) is 0.615. The first kappa shape index (κ1) is 7.16. The summed E-state index contributed by atoms with van der Waals surface area (Å²) >= 11 is 0. The summed E-state index contributed by atoms with van der Waals surface area (Å²) in [6.45, 7) is 3.09. The first-order valence-electron chi connectivity index (χ1n) is 3.73. The Labute approximate surface area is 71.9 Å². The van der Waals surface area contributed by atoms with Crippen molar-refractivity contribution in [3.8, 4) is 0 Å². The first-order valence-corrected chi connectivity index (χ1v) is 3.73. The lowest BCUT2D eigenvalue weighted by atomic mass is 10.4. The first-order chi connectivity index (χ1) is 5.86. The van der Waals surface area contributed by atoms with Crippen LogP contribution >= 0.6 is 0 Å². The second-order valence-electron chi connectivity index (χ2n) is 2.59. The fourth-order valence-electron chi connectivity index (χ4n) is 1.04. The van der Waals surface area contributed by atoms with Gasteiger partial charge in [-0.15, -0.1) is 0 Å². The van der Waals surface area contributed by atoms with E-state index in [0.29, 0.717) is 0 Å². The highest BCUT2D eigenvalue weighted by atomic mass is 15.3. The van der Waals surface area contributed by atoms with Gasteiger partial charge in [0.05, 0.1) is 11.9 Å². The van der Waals surface area contributed by atoms with Gasteiger partial charge in [0.25, 0.3) is 0 Å². The third-order valence-corrected chi connectivity index (χ3v) is 1.63. The van der Waals surface area contributed by atoms with Crippen molar-refractivity contribution in [3.63, 3.8) is 0 Å². The van der Waals surface area contributed by atoms with Gasteiger partial charge in [-0.2, -0.15) is 0 Å². The molecule has 0 aromatic carbocycles. The van der Waals surface area contributed by atoms with Crippen molar-refractivity contribution in [2.45, 2.75) is 0 Å². The van der Waals surface area contributed by atoms with E-state index in [-0.39, 0.29) is 0 Å². The summed E-state index contributed by atoms with van der Waals surface area (Å²) < 4.78 is 0. The van der Waals surface area contributed by atoms with E-state index in [9.17, 15) is 0 Å². The zero-order valence-corrected chi connectivity index (χ0v) is 6.81. The molecule has 0 saturated carbocycles. The molecule has 0 atom stereocenters. The molecule has 2 rings (SSSR count). The van der Waals surface area contributed by atoms with Crippen LogP contribution in [0.25, 0.3) is 0 Å². The minimum Gasteiger partial charge on any atom is -0.349 e. The van der Waals surface area contributed by atoms with E-state index in [0.717, 1.165) is 5.69 Å². The summed E-state index contributed by atoms with van der Waals surface area (Å²) in [5, 5.41) is 0. The van der Waals surface area contributed by atoms with E-state index in [1.54, 1.807) is 12.4 Å². The molecular weight excluding hydrogens is 150 g/mol. The van der Waals surface area contributed by atoms with Gasteiger partial charge in [0.2, 0.25) is 6.67 Å². The Kier molecular flexibility index (Phi) is 1.70. The minimum absolute atomic E-state index is 1.03. The molecule has 0 aliphatic carbocycles. The van der Waals surface area contributed by atoms with E-state index < -0.39 is 0 Å². The predicted octanol–water partition coefficient (Wildman–Crippen LogP) is 1.30. The van der Waals surface area contributed by atoms with Crippen LogP contribution in [0.4, 0.5) is 5.69 Å². The molecule has 1 aromatic heterocycles. The second-order valence-corrected chi connectivity index (χ2v) is 2.59. The minimum atomic E-state index is 1.03. The molecule has 2 radical (unpaired) electrons.